The first-order valence-corrected chi connectivity index (χ1v) is 10.3. The van der Waals surface area contributed by atoms with Crippen molar-refractivity contribution in [3.63, 3.8) is 0 Å². The SMILES string of the molecule is OCc1cccc(CC2CCN(C3CCN(Cc4ccccn4)CC3)C2)c1. The topological polar surface area (TPSA) is 39.6 Å². The molecular formula is C23H31N3O. The smallest absolute Gasteiger partial charge is 0.0681 e. The minimum absolute atomic E-state index is 0.141. The Morgan fingerprint density at radius 3 is 2.59 bits per heavy atom. The van der Waals surface area contributed by atoms with Gasteiger partial charge in [-0.1, -0.05) is 30.3 Å². The molecule has 0 saturated carbocycles. The van der Waals surface area contributed by atoms with E-state index < -0.39 is 0 Å². The second-order valence-corrected chi connectivity index (χ2v) is 8.16. The van der Waals surface area contributed by atoms with Crippen LogP contribution in [-0.4, -0.2) is 52.1 Å². The maximum atomic E-state index is 9.33. The summed E-state index contributed by atoms with van der Waals surface area (Å²) in [6.45, 7) is 5.96. The minimum Gasteiger partial charge on any atom is -0.392 e. The molecule has 1 aromatic carbocycles. The fraction of sp³-hybridized carbons (Fsp3) is 0.522. The van der Waals surface area contributed by atoms with Gasteiger partial charge in [-0.15, -0.1) is 0 Å². The van der Waals surface area contributed by atoms with Crippen molar-refractivity contribution in [1.29, 1.82) is 0 Å². The molecule has 1 N–H and O–H groups in total. The zero-order valence-corrected chi connectivity index (χ0v) is 16.1. The van der Waals surface area contributed by atoms with Gasteiger partial charge in [-0.2, -0.15) is 0 Å². The van der Waals surface area contributed by atoms with Gasteiger partial charge in [-0.25, -0.2) is 0 Å². The van der Waals surface area contributed by atoms with Crippen molar-refractivity contribution < 1.29 is 5.11 Å². The lowest BCUT2D eigenvalue weighted by atomic mass is 9.97. The Morgan fingerprint density at radius 1 is 0.963 bits per heavy atom. The third-order valence-corrected chi connectivity index (χ3v) is 6.20. The molecule has 2 aliphatic heterocycles. The number of piperidine rings is 1. The molecule has 2 aliphatic rings. The predicted octanol–water partition coefficient (Wildman–Crippen LogP) is 3.10. The number of hydrogen-bond donors (Lipinski definition) is 1. The van der Waals surface area contributed by atoms with Crippen LogP contribution in [0.1, 0.15) is 36.1 Å². The molecule has 0 aliphatic carbocycles. The largest absolute Gasteiger partial charge is 0.392 e. The fourth-order valence-electron chi connectivity index (χ4n) is 4.71. The van der Waals surface area contributed by atoms with Crippen LogP contribution in [-0.2, 0) is 19.6 Å². The highest BCUT2D eigenvalue weighted by Crippen LogP contribution is 2.27. The average Bonchev–Trinajstić information content (AvgIpc) is 3.18. The summed E-state index contributed by atoms with van der Waals surface area (Å²) in [5, 5.41) is 9.33. The highest BCUT2D eigenvalue weighted by atomic mass is 16.3. The van der Waals surface area contributed by atoms with Crippen LogP contribution in [0.4, 0.5) is 0 Å². The first-order valence-electron chi connectivity index (χ1n) is 10.3. The van der Waals surface area contributed by atoms with Crippen LogP contribution in [0.3, 0.4) is 0 Å². The first kappa shape index (κ1) is 18.6. The van der Waals surface area contributed by atoms with Crippen LogP contribution >= 0.6 is 0 Å². The molecular weight excluding hydrogens is 334 g/mol. The van der Waals surface area contributed by atoms with E-state index in [4.69, 9.17) is 0 Å². The van der Waals surface area contributed by atoms with Crippen LogP contribution < -0.4 is 0 Å². The van der Waals surface area contributed by atoms with E-state index in [1.807, 2.05) is 18.3 Å². The van der Waals surface area contributed by atoms with E-state index in [1.54, 1.807) is 0 Å². The van der Waals surface area contributed by atoms with E-state index in [0.717, 1.165) is 30.5 Å². The third-order valence-electron chi connectivity index (χ3n) is 6.20. The molecule has 1 unspecified atom stereocenters. The molecule has 0 amide bonds. The molecule has 2 aromatic rings. The molecule has 1 aromatic heterocycles. The molecule has 27 heavy (non-hydrogen) atoms. The summed E-state index contributed by atoms with van der Waals surface area (Å²) in [6.07, 6.45) is 6.89. The molecule has 2 fully saturated rings. The number of likely N-dealkylation sites (tertiary alicyclic amines) is 2. The van der Waals surface area contributed by atoms with Gasteiger partial charge in [0.15, 0.2) is 0 Å². The summed E-state index contributed by atoms with van der Waals surface area (Å²) in [6, 6.07) is 15.4. The van der Waals surface area contributed by atoms with Crippen molar-refractivity contribution in [2.75, 3.05) is 26.2 Å². The van der Waals surface area contributed by atoms with Crippen LogP contribution in [0.5, 0.6) is 0 Å². The maximum Gasteiger partial charge on any atom is 0.0681 e. The van der Waals surface area contributed by atoms with E-state index in [1.165, 1.54) is 56.7 Å². The number of hydrogen-bond acceptors (Lipinski definition) is 4. The van der Waals surface area contributed by atoms with E-state index in [2.05, 4.69) is 45.1 Å². The van der Waals surface area contributed by atoms with Crippen molar-refractivity contribution in [3.8, 4) is 0 Å². The maximum absolute atomic E-state index is 9.33. The normalized spacial score (nSPS) is 22.3. The Hall–Kier alpha value is -1.75. The van der Waals surface area contributed by atoms with E-state index >= 15 is 0 Å². The number of pyridine rings is 1. The lowest BCUT2D eigenvalue weighted by Gasteiger charge is -2.36. The van der Waals surface area contributed by atoms with Gasteiger partial charge in [0.1, 0.15) is 0 Å². The zero-order chi connectivity index (χ0) is 18.5. The number of aliphatic hydroxyl groups is 1. The van der Waals surface area contributed by atoms with Crippen molar-refractivity contribution in [2.45, 2.75) is 44.9 Å². The van der Waals surface area contributed by atoms with E-state index in [9.17, 15) is 5.11 Å². The summed E-state index contributed by atoms with van der Waals surface area (Å²) in [5.74, 6) is 0.755. The number of aromatic nitrogens is 1. The molecule has 0 bridgehead atoms. The van der Waals surface area contributed by atoms with Gasteiger partial charge >= 0.3 is 0 Å². The highest BCUT2D eigenvalue weighted by molar-refractivity contribution is 5.23. The second kappa shape index (κ2) is 8.96. The van der Waals surface area contributed by atoms with Gasteiger partial charge in [0.05, 0.1) is 12.3 Å². The first-order chi connectivity index (χ1) is 13.3. The lowest BCUT2D eigenvalue weighted by Crippen LogP contribution is -2.43. The van der Waals surface area contributed by atoms with Gasteiger partial charge in [-0.05, 0) is 61.4 Å². The van der Waals surface area contributed by atoms with Crippen molar-refractivity contribution in [1.82, 2.24) is 14.8 Å². The number of benzene rings is 1. The second-order valence-electron chi connectivity index (χ2n) is 8.16. The Morgan fingerprint density at radius 2 is 1.81 bits per heavy atom. The van der Waals surface area contributed by atoms with Gasteiger partial charge in [0.2, 0.25) is 0 Å². The third kappa shape index (κ3) is 4.95. The summed E-state index contributed by atoms with van der Waals surface area (Å²) < 4.78 is 0. The van der Waals surface area contributed by atoms with Crippen molar-refractivity contribution in [2.24, 2.45) is 5.92 Å². The van der Waals surface area contributed by atoms with Crippen molar-refractivity contribution in [3.05, 3.63) is 65.5 Å². The zero-order valence-electron chi connectivity index (χ0n) is 16.1. The summed E-state index contributed by atoms with van der Waals surface area (Å²) in [5.41, 5.74) is 3.59. The summed E-state index contributed by atoms with van der Waals surface area (Å²) >= 11 is 0. The molecule has 1 atom stereocenters. The Bertz CT molecular complexity index is 713. The molecule has 144 valence electrons. The standard InChI is InChI=1S/C23H31N3O/c27-18-21-5-3-4-19(15-21)14-20-7-13-26(16-20)23-8-11-25(12-9-23)17-22-6-1-2-10-24-22/h1-6,10,15,20,23,27H,7-9,11-14,16-18H2. The van der Waals surface area contributed by atoms with Gasteiger partial charge in [-0.3, -0.25) is 14.8 Å². The average molecular weight is 366 g/mol. The molecule has 2 saturated heterocycles. The number of rotatable bonds is 6. The van der Waals surface area contributed by atoms with Gasteiger partial charge in [0, 0.05) is 38.4 Å². The van der Waals surface area contributed by atoms with Gasteiger partial charge in [0.25, 0.3) is 0 Å². The highest BCUT2D eigenvalue weighted by Gasteiger charge is 2.30. The quantitative estimate of drug-likeness (QED) is 0.854. The van der Waals surface area contributed by atoms with Crippen molar-refractivity contribution >= 4 is 0 Å². The molecule has 4 nitrogen and oxygen atoms in total. The predicted molar refractivity (Wildman–Crippen MR) is 108 cm³/mol. The molecule has 0 radical (unpaired) electrons. The Balaban J connectivity index is 1.24. The number of nitrogens with zero attached hydrogens (tertiary/aromatic N) is 3. The summed E-state index contributed by atoms with van der Waals surface area (Å²) in [4.78, 5) is 9.75. The van der Waals surface area contributed by atoms with E-state index in [-0.39, 0.29) is 6.61 Å². The molecule has 3 heterocycles. The van der Waals surface area contributed by atoms with Crippen LogP contribution in [0.15, 0.2) is 48.7 Å². The molecule has 4 rings (SSSR count). The molecule has 4 heteroatoms. The van der Waals surface area contributed by atoms with Crippen LogP contribution in [0, 0.1) is 5.92 Å². The Labute approximate surface area is 162 Å². The van der Waals surface area contributed by atoms with Crippen LogP contribution in [0.25, 0.3) is 0 Å². The molecule has 0 spiro atoms. The van der Waals surface area contributed by atoms with Gasteiger partial charge < -0.3 is 5.11 Å². The lowest BCUT2D eigenvalue weighted by molar-refractivity contribution is 0.119. The fourth-order valence-corrected chi connectivity index (χ4v) is 4.71. The Kier molecular flexibility index (Phi) is 6.17. The van der Waals surface area contributed by atoms with E-state index in [0.29, 0.717) is 0 Å². The summed E-state index contributed by atoms with van der Waals surface area (Å²) in [7, 11) is 0. The monoisotopic (exact) mass is 365 g/mol. The number of aliphatic hydroxyl groups excluding tert-OH is 1. The minimum atomic E-state index is 0.141. The van der Waals surface area contributed by atoms with Crippen LogP contribution in [0.2, 0.25) is 0 Å².